The number of halogens is 3. The molecule has 2 rings (SSSR count). The van der Waals surface area contributed by atoms with Gasteiger partial charge in [-0.25, -0.2) is 0 Å². The smallest absolute Gasteiger partial charge is 0.321 e. The highest BCUT2D eigenvalue weighted by atomic mass is 32.2. The second-order valence-electron chi connectivity index (χ2n) is 4.79. The van der Waals surface area contributed by atoms with Crippen LogP contribution in [-0.4, -0.2) is 5.51 Å². The first-order valence-corrected chi connectivity index (χ1v) is 6.86. The molecular formula is C13H16F3NS. The molecule has 0 heterocycles. The van der Waals surface area contributed by atoms with Crippen molar-refractivity contribution in [2.24, 2.45) is 5.73 Å². The fourth-order valence-electron chi connectivity index (χ4n) is 2.47. The van der Waals surface area contributed by atoms with Gasteiger partial charge in [-0.05, 0) is 42.3 Å². The first-order valence-electron chi connectivity index (χ1n) is 6.04. The minimum atomic E-state index is -4.24. The van der Waals surface area contributed by atoms with Crippen LogP contribution in [0.15, 0.2) is 29.2 Å². The lowest BCUT2D eigenvalue weighted by Crippen LogP contribution is -2.38. The van der Waals surface area contributed by atoms with E-state index in [4.69, 9.17) is 5.73 Å². The van der Waals surface area contributed by atoms with Crippen LogP contribution in [0.4, 0.5) is 13.2 Å². The fraction of sp³-hybridized carbons (Fsp3) is 0.538. The Hall–Kier alpha value is -0.680. The molecule has 100 valence electrons. The predicted octanol–water partition coefficient (Wildman–Crippen LogP) is 4.42. The molecule has 1 fully saturated rings. The van der Waals surface area contributed by atoms with Gasteiger partial charge < -0.3 is 5.73 Å². The highest BCUT2D eigenvalue weighted by Crippen LogP contribution is 2.40. The van der Waals surface area contributed by atoms with E-state index in [1.54, 1.807) is 12.1 Å². The molecule has 1 aromatic carbocycles. The lowest BCUT2D eigenvalue weighted by atomic mass is 9.77. The highest BCUT2D eigenvalue weighted by molar-refractivity contribution is 8.00. The van der Waals surface area contributed by atoms with E-state index in [2.05, 4.69) is 0 Å². The van der Waals surface area contributed by atoms with Crippen molar-refractivity contribution in [3.8, 4) is 0 Å². The first-order chi connectivity index (χ1) is 8.39. The van der Waals surface area contributed by atoms with Gasteiger partial charge in [0.1, 0.15) is 0 Å². The molecule has 0 radical (unpaired) electrons. The van der Waals surface area contributed by atoms with Crippen molar-refractivity contribution in [3.05, 3.63) is 29.8 Å². The molecule has 0 bridgehead atoms. The number of benzene rings is 1. The molecule has 0 amide bonds. The Morgan fingerprint density at radius 3 is 2.39 bits per heavy atom. The van der Waals surface area contributed by atoms with Crippen LogP contribution in [0, 0.1) is 0 Å². The molecule has 1 aliphatic carbocycles. The van der Waals surface area contributed by atoms with E-state index in [1.807, 2.05) is 6.07 Å². The van der Waals surface area contributed by atoms with Crippen molar-refractivity contribution < 1.29 is 13.2 Å². The molecule has 1 aliphatic rings. The van der Waals surface area contributed by atoms with E-state index in [9.17, 15) is 13.2 Å². The van der Waals surface area contributed by atoms with Gasteiger partial charge in [0.15, 0.2) is 0 Å². The first kappa shape index (κ1) is 13.7. The summed E-state index contributed by atoms with van der Waals surface area (Å²) in [4.78, 5) is 0.218. The molecule has 0 saturated heterocycles. The number of rotatable bonds is 2. The summed E-state index contributed by atoms with van der Waals surface area (Å²) in [7, 11) is 0. The predicted molar refractivity (Wildman–Crippen MR) is 67.3 cm³/mol. The van der Waals surface area contributed by atoms with Crippen molar-refractivity contribution in [2.75, 3.05) is 0 Å². The van der Waals surface area contributed by atoms with Gasteiger partial charge in [0.05, 0.1) is 0 Å². The minimum Gasteiger partial charge on any atom is -0.321 e. The van der Waals surface area contributed by atoms with Gasteiger partial charge in [0.2, 0.25) is 0 Å². The van der Waals surface area contributed by atoms with E-state index < -0.39 is 11.0 Å². The third kappa shape index (κ3) is 3.42. The van der Waals surface area contributed by atoms with Crippen LogP contribution in [0.25, 0.3) is 0 Å². The number of thioether (sulfide) groups is 1. The molecule has 18 heavy (non-hydrogen) atoms. The summed E-state index contributed by atoms with van der Waals surface area (Å²) in [5.74, 6) is 0. The molecule has 2 N–H and O–H groups in total. The Kier molecular flexibility index (Phi) is 3.92. The lowest BCUT2D eigenvalue weighted by Gasteiger charge is -2.34. The Bertz CT molecular complexity index is 411. The van der Waals surface area contributed by atoms with Gasteiger partial charge in [-0.2, -0.15) is 13.2 Å². The van der Waals surface area contributed by atoms with Crippen LogP contribution >= 0.6 is 11.8 Å². The molecule has 0 atom stereocenters. The van der Waals surface area contributed by atoms with Crippen molar-refractivity contribution in [1.29, 1.82) is 0 Å². The van der Waals surface area contributed by atoms with Crippen LogP contribution in [0.2, 0.25) is 0 Å². The second-order valence-corrected chi connectivity index (χ2v) is 5.93. The highest BCUT2D eigenvalue weighted by Gasteiger charge is 2.32. The molecule has 5 heteroatoms. The summed E-state index contributed by atoms with van der Waals surface area (Å²) in [6, 6.07) is 6.57. The standard InChI is InChI=1S/C13H16F3NS/c14-13(15,16)18-11-6-4-5-10(9-11)12(17)7-2-1-3-8-12/h4-6,9H,1-3,7-8,17H2. The molecule has 1 saturated carbocycles. The average Bonchev–Trinajstić information content (AvgIpc) is 2.28. The average molecular weight is 275 g/mol. The molecule has 0 aliphatic heterocycles. The maximum absolute atomic E-state index is 12.3. The maximum atomic E-state index is 12.3. The fourth-order valence-corrected chi connectivity index (χ4v) is 3.07. The summed E-state index contributed by atoms with van der Waals surface area (Å²) in [6.45, 7) is 0. The molecule has 1 aromatic rings. The summed E-state index contributed by atoms with van der Waals surface area (Å²) in [6.07, 6.45) is 4.97. The minimum absolute atomic E-state index is 0.0779. The van der Waals surface area contributed by atoms with E-state index in [0.717, 1.165) is 37.7 Å². The normalized spacial score (nSPS) is 19.8. The summed E-state index contributed by atoms with van der Waals surface area (Å²) < 4.78 is 37.0. The van der Waals surface area contributed by atoms with E-state index in [1.165, 1.54) is 6.07 Å². The van der Waals surface area contributed by atoms with Crippen molar-refractivity contribution in [2.45, 2.75) is 48.0 Å². The van der Waals surface area contributed by atoms with Gasteiger partial charge in [-0.1, -0.05) is 31.4 Å². The zero-order valence-electron chi connectivity index (χ0n) is 9.96. The van der Waals surface area contributed by atoms with Crippen molar-refractivity contribution in [1.82, 2.24) is 0 Å². The molecule has 0 unspecified atom stereocenters. The zero-order chi connectivity index (χ0) is 13.2. The molecular weight excluding hydrogens is 259 g/mol. The quantitative estimate of drug-likeness (QED) is 0.809. The maximum Gasteiger partial charge on any atom is 0.446 e. The van der Waals surface area contributed by atoms with Gasteiger partial charge in [0.25, 0.3) is 0 Å². The Morgan fingerprint density at radius 1 is 1.11 bits per heavy atom. The summed E-state index contributed by atoms with van der Waals surface area (Å²) in [5, 5.41) is 0. The van der Waals surface area contributed by atoms with Crippen LogP contribution in [0.1, 0.15) is 37.7 Å². The number of hydrogen-bond acceptors (Lipinski definition) is 2. The van der Waals surface area contributed by atoms with Gasteiger partial charge >= 0.3 is 5.51 Å². The Morgan fingerprint density at radius 2 is 1.78 bits per heavy atom. The Balaban J connectivity index is 2.21. The third-order valence-corrected chi connectivity index (χ3v) is 4.11. The number of nitrogens with two attached hydrogens (primary N) is 1. The van der Waals surface area contributed by atoms with Crippen LogP contribution in [0.3, 0.4) is 0 Å². The van der Waals surface area contributed by atoms with Crippen LogP contribution < -0.4 is 5.73 Å². The largest absolute Gasteiger partial charge is 0.446 e. The summed E-state index contributed by atoms with van der Waals surface area (Å²) >= 11 is -0.0779. The molecule has 0 spiro atoms. The zero-order valence-corrected chi connectivity index (χ0v) is 10.8. The van der Waals surface area contributed by atoms with E-state index in [-0.39, 0.29) is 16.7 Å². The third-order valence-electron chi connectivity index (χ3n) is 3.39. The van der Waals surface area contributed by atoms with Gasteiger partial charge in [0, 0.05) is 10.4 Å². The van der Waals surface area contributed by atoms with E-state index >= 15 is 0 Å². The topological polar surface area (TPSA) is 26.0 Å². The van der Waals surface area contributed by atoms with Crippen molar-refractivity contribution >= 4 is 11.8 Å². The van der Waals surface area contributed by atoms with Gasteiger partial charge in [-0.15, -0.1) is 0 Å². The van der Waals surface area contributed by atoms with Gasteiger partial charge in [-0.3, -0.25) is 0 Å². The number of alkyl halides is 3. The molecule has 0 aromatic heterocycles. The monoisotopic (exact) mass is 275 g/mol. The van der Waals surface area contributed by atoms with Crippen molar-refractivity contribution in [3.63, 3.8) is 0 Å². The number of hydrogen-bond donors (Lipinski definition) is 1. The lowest BCUT2D eigenvalue weighted by molar-refractivity contribution is -0.0328. The second kappa shape index (κ2) is 5.13. The SMILES string of the molecule is NC1(c2cccc(SC(F)(F)F)c2)CCCCC1. The van der Waals surface area contributed by atoms with Crippen LogP contribution in [-0.2, 0) is 5.54 Å². The molecule has 1 nitrogen and oxygen atoms in total. The summed E-state index contributed by atoms with van der Waals surface area (Å²) in [5.41, 5.74) is 2.47. The van der Waals surface area contributed by atoms with Crippen LogP contribution in [0.5, 0.6) is 0 Å². The van der Waals surface area contributed by atoms with E-state index in [0.29, 0.717) is 0 Å². The Labute approximate surface area is 109 Å².